The fourth-order valence-electron chi connectivity index (χ4n) is 2.48. The van der Waals surface area contributed by atoms with E-state index in [0.717, 1.165) is 21.2 Å². The van der Waals surface area contributed by atoms with E-state index in [4.69, 9.17) is 5.73 Å². The van der Waals surface area contributed by atoms with Crippen LogP contribution in [0.1, 0.15) is 21.5 Å². The molecule has 0 atom stereocenters. The number of sulfonamides is 1. The third-order valence-corrected chi connectivity index (χ3v) is 6.64. The summed E-state index contributed by atoms with van der Waals surface area (Å²) in [6.45, 7) is 1.71. The molecule has 6 nitrogen and oxygen atoms in total. The van der Waals surface area contributed by atoms with Crippen LogP contribution in [0, 0.1) is 12.7 Å². The minimum Gasteiger partial charge on any atom is -0.366 e. The number of rotatable bonds is 6. The van der Waals surface area contributed by atoms with Crippen LogP contribution in [0.25, 0.3) is 0 Å². The highest BCUT2D eigenvalue weighted by molar-refractivity contribution is 7.93. The average Bonchev–Trinajstić information content (AvgIpc) is 3.16. The zero-order valence-electron chi connectivity index (χ0n) is 14.3. The summed E-state index contributed by atoms with van der Waals surface area (Å²) in [5.74, 6) is -1.09. The Morgan fingerprint density at radius 1 is 1.22 bits per heavy atom. The maximum absolute atomic E-state index is 13.7. The van der Waals surface area contributed by atoms with Crippen LogP contribution in [0.4, 0.5) is 9.52 Å². The van der Waals surface area contributed by atoms with Crippen LogP contribution >= 0.6 is 11.3 Å². The van der Waals surface area contributed by atoms with Crippen molar-refractivity contribution in [3.8, 4) is 0 Å². The van der Waals surface area contributed by atoms with Gasteiger partial charge in [-0.15, -0.1) is 11.3 Å². The van der Waals surface area contributed by atoms with E-state index in [0.29, 0.717) is 5.56 Å². The summed E-state index contributed by atoms with van der Waals surface area (Å²) < 4.78 is 41.2. The molecule has 0 fully saturated rings. The molecule has 0 bridgehead atoms. The summed E-state index contributed by atoms with van der Waals surface area (Å²) in [7, 11) is -3.99. The van der Waals surface area contributed by atoms with Crippen molar-refractivity contribution >= 4 is 32.4 Å². The Morgan fingerprint density at radius 3 is 2.52 bits per heavy atom. The van der Waals surface area contributed by atoms with Gasteiger partial charge >= 0.3 is 0 Å². The number of hydrogen-bond donors (Lipinski definition) is 1. The van der Waals surface area contributed by atoms with E-state index < -0.39 is 21.7 Å². The molecule has 1 heterocycles. The molecule has 3 aromatic rings. The highest BCUT2D eigenvalue weighted by atomic mass is 32.2. The number of nitrogens with two attached hydrogens (primary N) is 1. The lowest BCUT2D eigenvalue weighted by atomic mass is 10.1. The van der Waals surface area contributed by atoms with Crippen LogP contribution in [0.15, 0.2) is 58.9 Å². The molecule has 2 aromatic carbocycles. The Bertz CT molecular complexity index is 1070. The smallest absolute Gasteiger partial charge is 0.266 e. The molecule has 0 saturated heterocycles. The molecule has 0 aliphatic heterocycles. The zero-order chi connectivity index (χ0) is 19.6. The van der Waals surface area contributed by atoms with Gasteiger partial charge in [-0.1, -0.05) is 6.07 Å². The molecule has 140 valence electrons. The highest BCUT2D eigenvalue weighted by Gasteiger charge is 2.27. The first-order valence-electron chi connectivity index (χ1n) is 7.86. The Kier molecular flexibility index (Phi) is 5.24. The van der Waals surface area contributed by atoms with Crippen LogP contribution < -0.4 is 10.0 Å². The van der Waals surface area contributed by atoms with E-state index in [-0.39, 0.29) is 22.1 Å². The average molecular weight is 405 g/mol. The van der Waals surface area contributed by atoms with Gasteiger partial charge in [0.25, 0.3) is 10.0 Å². The summed E-state index contributed by atoms with van der Waals surface area (Å²) in [4.78, 5) is 15.3. The summed E-state index contributed by atoms with van der Waals surface area (Å²) in [6.07, 6.45) is 1.50. The molecule has 9 heteroatoms. The Morgan fingerprint density at radius 2 is 1.93 bits per heavy atom. The molecule has 3 rings (SSSR count). The second kappa shape index (κ2) is 7.45. The molecule has 0 spiro atoms. The van der Waals surface area contributed by atoms with Gasteiger partial charge in [0.15, 0.2) is 5.13 Å². The molecule has 0 aliphatic rings. The van der Waals surface area contributed by atoms with Crippen molar-refractivity contribution in [1.29, 1.82) is 0 Å². The van der Waals surface area contributed by atoms with Gasteiger partial charge in [-0.3, -0.25) is 4.79 Å². The Labute approximate surface area is 160 Å². The summed E-state index contributed by atoms with van der Waals surface area (Å²) >= 11 is 1.16. The second-order valence-electron chi connectivity index (χ2n) is 5.79. The van der Waals surface area contributed by atoms with Crippen LogP contribution in [-0.4, -0.2) is 19.3 Å². The lowest BCUT2D eigenvalue weighted by Crippen LogP contribution is -2.31. The normalized spacial score (nSPS) is 11.3. The number of nitrogens with zero attached hydrogens (tertiary/aromatic N) is 2. The molecule has 0 saturated carbocycles. The molecule has 0 radical (unpaired) electrons. The van der Waals surface area contributed by atoms with Gasteiger partial charge in [0.05, 0.1) is 11.4 Å². The first-order chi connectivity index (χ1) is 12.8. The van der Waals surface area contributed by atoms with Crippen LogP contribution in [0.5, 0.6) is 0 Å². The fourth-order valence-corrected chi connectivity index (χ4v) is 4.75. The third-order valence-electron chi connectivity index (χ3n) is 3.98. The topological polar surface area (TPSA) is 93.4 Å². The van der Waals surface area contributed by atoms with Gasteiger partial charge in [-0.2, -0.15) is 0 Å². The van der Waals surface area contributed by atoms with Crippen molar-refractivity contribution in [3.63, 3.8) is 0 Å². The first kappa shape index (κ1) is 19.0. The molecular weight excluding hydrogens is 389 g/mol. The molecular formula is C18H16FN3O3S2. The van der Waals surface area contributed by atoms with E-state index >= 15 is 0 Å². The number of halogens is 1. The second-order valence-corrected chi connectivity index (χ2v) is 8.52. The van der Waals surface area contributed by atoms with Crippen molar-refractivity contribution in [1.82, 2.24) is 4.98 Å². The molecule has 0 unspecified atom stereocenters. The maximum Gasteiger partial charge on any atom is 0.266 e. The van der Waals surface area contributed by atoms with E-state index in [9.17, 15) is 17.6 Å². The number of primary amides is 1. The third kappa shape index (κ3) is 3.99. The predicted octanol–water partition coefficient (Wildman–Crippen LogP) is 3.09. The zero-order valence-corrected chi connectivity index (χ0v) is 15.9. The van der Waals surface area contributed by atoms with Crippen LogP contribution in [0.2, 0.25) is 0 Å². The van der Waals surface area contributed by atoms with Crippen molar-refractivity contribution in [3.05, 3.63) is 76.5 Å². The lowest BCUT2D eigenvalue weighted by molar-refractivity contribution is 0.1000. The van der Waals surface area contributed by atoms with E-state index in [1.165, 1.54) is 42.6 Å². The van der Waals surface area contributed by atoms with Crippen LogP contribution in [0.3, 0.4) is 0 Å². The molecule has 27 heavy (non-hydrogen) atoms. The number of thiazole rings is 1. The van der Waals surface area contributed by atoms with Crippen molar-refractivity contribution in [2.75, 3.05) is 4.31 Å². The van der Waals surface area contributed by atoms with Gasteiger partial charge in [-0.25, -0.2) is 22.1 Å². The number of hydrogen-bond acceptors (Lipinski definition) is 5. The Hall–Kier alpha value is -2.78. The van der Waals surface area contributed by atoms with E-state index in [1.54, 1.807) is 18.4 Å². The standard InChI is InChI=1S/C18H16FN3O3S2/c1-12-2-5-15(19)10-14(12)11-22(18-21-8-9-26-18)27(24,25)16-6-3-13(4-7-16)17(20)23/h2-10H,11H2,1H3,(H2,20,23). The number of aryl methyl sites for hydroxylation is 1. The van der Waals surface area contributed by atoms with Crippen molar-refractivity contribution in [2.24, 2.45) is 5.73 Å². The molecule has 1 amide bonds. The molecule has 0 aliphatic carbocycles. The Balaban J connectivity index is 2.05. The maximum atomic E-state index is 13.7. The molecule has 2 N–H and O–H groups in total. The van der Waals surface area contributed by atoms with Gasteiger partial charge in [0, 0.05) is 17.1 Å². The van der Waals surface area contributed by atoms with Gasteiger partial charge < -0.3 is 5.73 Å². The molecule has 1 aromatic heterocycles. The predicted molar refractivity (Wildman–Crippen MR) is 102 cm³/mol. The van der Waals surface area contributed by atoms with Crippen LogP contribution in [-0.2, 0) is 16.6 Å². The minimum absolute atomic E-state index is 0.0169. The fraction of sp³-hybridized carbons (Fsp3) is 0.111. The first-order valence-corrected chi connectivity index (χ1v) is 10.2. The number of carbonyl (C=O) groups is 1. The lowest BCUT2D eigenvalue weighted by Gasteiger charge is -2.23. The quantitative estimate of drug-likeness (QED) is 0.682. The van der Waals surface area contributed by atoms with Crippen molar-refractivity contribution in [2.45, 2.75) is 18.4 Å². The SMILES string of the molecule is Cc1ccc(F)cc1CN(c1nccs1)S(=O)(=O)c1ccc(C(N)=O)cc1. The minimum atomic E-state index is -3.99. The summed E-state index contributed by atoms with van der Waals surface area (Å²) in [5.41, 5.74) is 6.70. The number of benzene rings is 2. The summed E-state index contributed by atoms with van der Waals surface area (Å²) in [6, 6.07) is 9.55. The van der Waals surface area contributed by atoms with Gasteiger partial charge in [0.2, 0.25) is 5.91 Å². The van der Waals surface area contributed by atoms with Crippen molar-refractivity contribution < 1.29 is 17.6 Å². The van der Waals surface area contributed by atoms with E-state index in [1.807, 2.05) is 0 Å². The monoisotopic (exact) mass is 405 g/mol. The van der Waals surface area contributed by atoms with Gasteiger partial charge in [-0.05, 0) is 54.4 Å². The number of aromatic nitrogens is 1. The number of amides is 1. The number of carbonyl (C=O) groups excluding carboxylic acids is 1. The van der Waals surface area contributed by atoms with Gasteiger partial charge in [0.1, 0.15) is 5.82 Å². The number of anilines is 1. The largest absolute Gasteiger partial charge is 0.366 e. The summed E-state index contributed by atoms with van der Waals surface area (Å²) in [5, 5.41) is 1.92. The highest BCUT2D eigenvalue weighted by Crippen LogP contribution is 2.28. The van der Waals surface area contributed by atoms with E-state index in [2.05, 4.69) is 4.98 Å².